The van der Waals surface area contributed by atoms with Crippen LogP contribution in [0, 0.1) is 5.92 Å². The van der Waals surface area contributed by atoms with Crippen molar-refractivity contribution in [3.63, 3.8) is 0 Å². The van der Waals surface area contributed by atoms with Gasteiger partial charge in [0.05, 0.1) is 12.0 Å². The monoisotopic (exact) mass is 423 g/mol. The van der Waals surface area contributed by atoms with Crippen molar-refractivity contribution >= 4 is 27.4 Å². The van der Waals surface area contributed by atoms with Crippen LogP contribution in [0.25, 0.3) is 21.3 Å². The summed E-state index contributed by atoms with van der Waals surface area (Å²) < 4.78 is 6.02. The van der Waals surface area contributed by atoms with Gasteiger partial charge in [0.2, 0.25) is 0 Å². The highest BCUT2D eigenvalue weighted by molar-refractivity contribution is 7.17. The Morgan fingerprint density at radius 1 is 1.10 bits per heavy atom. The smallest absolute Gasteiger partial charge is 0.141 e. The van der Waals surface area contributed by atoms with E-state index in [4.69, 9.17) is 9.72 Å². The summed E-state index contributed by atoms with van der Waals surface area (Å²) in [4.78, 5) is 19.5. The lowest BCUT2D eigenvalue weighted by Crippen LogP contribution is -2.36. The van der Waals surface area contributed by atoms with Crippen LogP contribution in [0.2, 0.25) is 0 Å². The highest BCUT2D eigenvalue weighted by atomic mass is 32.1. The van der Waals surface area contributed by atoms with Crippen LogP contribution < -0.4 is 4.90 Å². The zero-order valence-corrected chi connectivity index (χ0v) is 18.2. The Bertz CT molecular complexity index is 949. The molecule has 0 atom stereocenters. The van der Waals surface area contributed by atoms with Gasteiger partial charge >= 0.3 is 0 Å². The maximum absolute atomic E-state index is 6.02. The number of pyridine rings is 1. The molecule has 0 radical (unpaired) electrons. The van der Waals surface area contributed by atoms with Crippen LogP contribution in [0.3, 0.4) is 0 Å². The molecule has 2 aliphatic heterocycles. The van der Waals surface area contributed by atoms with Gasteiger partial charge in [-0.3, -0.25) is 4.98 Å². The summed E-state index contributed by atoms with van der Waals surface area (Å²) in [5.41, 5.74) is 2.31. The van der Waals surface area contributed by atoms with E-state index in [0.717, 1.165) is 67.3 Å². The zero-order chi connectivity index (χ0) is 20.2. The van der Waals surface area contributed by atoms with Crippen LogP contribution in [0.15, 0.2) is 36.2 Å². The quantitative estimate of drug-likeness (QED) is 0.534. The first-order valence-corrected chi connectivity index (χ1v) is 11.9. The normalized spacial score (nSPS) is 18.5. The van der Waals surface area contributed by atoms with Crippen molar-refractivity contribution in [1.29, 1.82) is 0 Å². The summed E-state index contributed by atoms with van der Waals surface area (Å²) in [6.07, 6.45) is 10.4. The summed E-state index contributed by atoms with van der Waals surface area (Å²) in [5, 5.41) is 3.34. The molecule has 0 aliphatic carbocycles. The van der Waals surface area contributed by atoms with Gasteiger partial charge in [-0.15, -0.1) is 11.3 Å². The molecule has 0 unspecified atom stereocenters. The number of anilines is 1. The van der Waals surface area contributed by atoms with Crippen LogP contribution >= 0.6 is 11.3 Å². The second kappa shape index (κ2) is 9.37. The highest BCUT2D eigenvalue weighted by Gasteiger charge is 2.24. The minimum Gasteiger partial charge on any atom is -0.380 e. The average Bonchev–Trinajstić information content (AvgIpc) is 3.48. The summed E-state index contributed by atoms with van der Waals surface area (Å²) in [6, 6.07) is 4.09. The van der Waals surface area contributed by atoms with E-state index in [-0.39, 0.29) is 0 Å². The largest absolute Gasteiger partial charge is 0.380 e. The van der Waals surface area contributed by atoms with E-state index in [9.17, 15) is 0 Å². The number of nitrogens with zero attached hydrogens (tertiary/aromatic N) is 5. The van der Waals surface area contributed by atoms with Gasteiger partial charge in [-0.05, 0) is 50.8 Å². The van der Waals surface area contributed by atoms with E-state index in [1.54, 1.807) is 17.7 Å². The number of fused-ring (bicyclic) bond motifs is 1. The van der Waals surface area contributed by atoms with E-state index >= 15 is 0 Å². The molecule has 5 heterocycles. The van der Waals surface area contributed by atoms with Gasteiger partial charge in [-0.2, -0.15) is 0 Å². The van der Waals surface area contributed by atoms with Gasteiger partial charge in [-0.1, -0.05) is 6.07 Å². The number of hydrogen-bond donors (Lipinski definition) is 0. The number of likely N-dealkylation sites (tertiary alicyclic amines) is 1. The minimum atomic E-state index is 0.650. The second-order valence-electron chi connectivity index (χ2n) is 8.32. The van der Waals surface area contributed by atoms with Crippen molar-refractivity contribution in [1.82, 2.24) is 19.9 Å². The lowest BCUT2D eigenvalue weighted by molar-refractivity contribution is 0.0753. The van der Waals surface area contributed by atoms with Crippen molar-refractivity contribution in [3.8, 4) is 11.1 Å². The number of aromatic nitrogens is 3. The molecule has 6 nitrogen and oxygen atoms in total. The zero-order valence-electron chi connectivity index (χ0n) is 17.4. The topological polar surface area (TPSA) is 54.4 Å². The average molecular weight is 424 g/mol. The first-order valence-electron chi connectivity index (χ1n) is 11.1. The Labute approximate surface area is 181 Å². The van der Waals surface area contributed by atoms with E-state index in [1.165, 1.54) is 31.5 Å². The van der Waals surface area contributed by atoms with Crippen LogP contribution in [0.5, 0.6) is 0 Å². The van der Waals surface area contributed by atoms with Crippen LogP contribution in [0.1, 0.15) is 25.7 Å². The maximum Gasteiger partial charge on any atom is 0.141 e. The summed E-state index contributed by atoms with van der Waals surface area (Å²) in [5.74, 6) is 1.71. The standard InChI is InChI=1S/C23H29N5OS/c1-2-9-27(8-1)12-13-29-15-18-5-10-28(11-6-18)22-21-20(19-4-3-7-24-14-19)16-30-23(21)26-17-25-22/h3-4,7,14,16-18H,1-2,5-6,8-13,15H2. The predicted octanol–water partition coefficient (Wildman–Crippen LogP) is 4.08. The number of rotatable bonds is 7. The molecule has 0 saturated carbocycles. The molecule has 2 saturated heterocycles. The molecular formula is C23H29N5OS. The molecule has 0 amide bonds. The molecule has 158 valence electrons. The Kier molecular flexibility index (Phi) is 6.20. The number of piperidine rings is 1. The summed E-state index contributed by atoms with van der Waals surface area (Å²) in [6.45, 7) is 7.39. The van der Waals surface area contributed by atoms with Gasteiger partial charge < -0.3 is 14.5 Å². The van der Waals surface area contributed by atoms with Crippen LogP contribution in [-0.4, -0.2) is 65.8 Å². The van der Waals surface area contributed by atoms with E-state index < -0.39 is 0 Å². The van der Waals surface area contributed by atoms with Gasteiger partial charge in [0.25, 0.3) is 0 Å². The fourth-order valence-corrected chi connectivity index (χ4v) is 5.51. The van der Waals surface area contributed by atoms with Gasteiger partial charge in [0.15, 0.2) is 0 Å². The fraction of sp³-hybridized carbons (Fsp3) is 0.522. The first kappa shape index (κ1) is 19.8. The van der Waals surface area contributed by atoms with Gasteiger partial charge in [0.1, 0.15) is 17.0 Å². The second-order valence-corrected chi connectivity index (χ2v) is 9.18. The van der Waals surface area contributed by atoms with E-state index in [1.807, 2.05) is 18.5 Å². The number of ether oxygens (including phenoxy) is 1. The molecule has 30 heavy (non-hydrogen) atoms. The Hall–Kier alpha value is -2.09. The molecule has 0 spiro atoms. The molecule has 2 fully saturated rings. The van der Waals surface area contributed by atoms with Gasteiger partial charge in [-0.25, -0.2) is 9.97 Å². The molecule has 3 aromatic rings. The van der Waals surface area contributed by atoms with E-state index in [2.05, 4.69) is 31.2 Å². The highest BCUT2D eigenvalue weighted by Crippen LogP contribution is 2.38. The SMILES string of the molecule is c1cncc(-c2csc3ncnc(N4CCC(COCCN5CCCC5)CC4)c23)c1. The molecule has 2 aliphatic rings. The third-order valence-corrected chi connectivity index (χ3v) is 7.23. The fourth-order valence-electron chi connectivity index (χ4n) is 4.59. The first-order chi connectivity index (χ1) is 14.9. The third-order valence-electron chi connectivity index (χ3n) is 6.34. The maximum atomic E-state index is 6.02. The molecule has 5 rings (SSSR count). The molecule has 7 heteroatoms. The minimum absolute atomic E-state index is 0.650. The van der Waals surface area contributed by atoms with Crippen molar-refractivity contribution in [2.45, 2.75) is 25.7 Å². The lowest BCUT2D eigenvalue weighted by atomic mass is 9.97. The summed E-state index contributed by atoms with van der Waals surface area (Å²) in [7, 11) is 0. The van der Waals surface area contributed by atoms with Crippen molar-refractivity contribution in [3.05, 3.63) is 36.2 Å². The molecule has 0 aromatic carbocycles. The molecule has 0 N–H and O–H groups in total. The third kappa shape index (κ3) is 4.33. The predicted molar refractivity (Wildman–Crippen MR) is 122 cm³/mol. The lowest BCUT2D eigenvalue weighted by Gasteiger charge is -2.33. The molecule has 3 aromatic heterocycles. The molecule has 0 bridgehead atoms. The molecular weight excluding hydrogens is 394 g/mol. The Balaban J connectivity index is 1.21. The Morgan fingerprint density at radius 2 is 1.97 bits per heavy atom. The van der Waals surface area contributed by atoms with Gasteiger partial charge in [0, 0.05) is 55.1 Å². The van der Waals surface area contributed by atoms with Crippen LogP contribution in [0.4, 0.5) is 5.82 Å². The Morgan fingerprint density at radius 3 is 2.77 bits per heavy atom. The van der Waals surface area contributed by atoms with Crippen molar-refractivity contribution in [2.75, 3.05) is 50.8 Å². The van der Waals surface area contributed by atoms with E-state index in [0.29, 0.717) is 5.92 Å². The summed E-state index contributed by atoms with van der Waals surface area (Å²) >= 11 is 1.68. The van der Waals surface area contributed by atoms with Crippen molar-refractivity contribution in [2.24, 2.45) is 5.92 Å². The number of thiophene rings is 1. The number of hydrogen-bond acceptors (Lipinski definition) is 7. The van der Waals surface area contributed by atoms with Crippen molar-refractivity contribution < 1.29 is 4.74 Å². The van der Waals surface area contributed by atoms with Crippen LogP contribution in [-0.2, 0) is 4.74 Å².